The summed E-state index contributed by atoms with van der Waals surface area (Å²) in [6.07, 6.45) is 1.17. The van der Waals surface area contributed by atoms with Crippen molar-refractivity contribution < 1.29 is 19.1 Å². The number of hydrogen-bond donors (Lipinski definition) is 2. The SMILES string of the molecule is CC1Oc2ccc(C(=O)C3CCN(C(=O)CCc4nc5ccccc5c(=O)[nH]4)CC3)cc2NC1=O. The van der Waals surface area contributed by atoms with Crippen LogP contribution in [-0.4, -0.2) is 51.7 Å². The van der Waals surface area contributed by atoms with Crippen LogP contribution in [0.2, 0.25) is 0 Å². The first kappa shape index (κ1) is 22.8. The number of H-pyrrole nitrogens is 1. The smallest absolute Gasteiger partial charge is 0.265 e. The number of fused-ring (bicyclic) bond motifs is 2. The molecule has 2 amide bonds. The molecule has 1 unspecified atom stereocenters. The molecule has 1 saturated heterocycles. The van der Waals surface area contributed by atoms with Gasteiger partial charge in [0.15, 0.2) is 11.9 Å². The average Bonchev–Trinajstić information content (AvgIpc) is 2.87. The van der Waals surface area contributed by atoms with Crippen LogP contribution < -0.4 is 15.6 Å². The average molecular weight is 475 g/mol. The normalized spacial score (nSPS) is 18.0. The predicted molar refractivity (Wildman–Crippen MR) is 129 cm³/mol. The van der Waals surface area contributed by atoms with Crippen LogP contribution in [0.25, 0.3) is 10.9 Å². The summed E-state index contributed by atoms with van der Waals surface area (Å²) in [7, 11) is 0. The van der Waals surface area contributed by atoms with Gasteiger partial charge in [0.05, 0.1) is 16.6 Å². The van der Waals surface area contributed by atoms with E-state index in [2.05, 4.69) is 15.3 Å². The van der Waals surface area contributed by atoms with E-state index < -0.39 is 6.10 Å². The molecule has 3 aromatic rings. The quantitative estimate of drug-likeness (QED) is 0.549. The van der Waals surface area contributed by atoms with Crippen molar-refractivity contribution in [2.75, 3.05) is 18.4 Å². The fourth-order valence-corrected chi connectivity index (χ4v) is 4.63. The first-order valence-corrected chi connectivity index (χ1v) is 11.8. The van der Waals surface area contributed by atoms with Crippen LogP contribution in [0.4, 0.5) is 5.69 Å². The summed E-state index contributed by atoms with van der Waals surface area (Å²) in [6, 6.07) is 12.2. The molecule has 2 N–H and O–H groups in total. The van der Waals surface area contributed by atoms with E-state index in [0.29, 0.717) is 66.1 Å². The molecule has 0 radical (unpaired) electrons. The van der Waals surface area contributed by atoms with Gasteiger partial charge in [0.25, 0.3) is 11.5 Å². The molecular formula is C26H26N4O5. The van der Waals surface area contributed by atoms with E-state index >= 15 is 0 Å². The summed E-state index contributed by atoms with van der Waals surface area (Å²) in [5, 5.41) is 3.30. The van der Waals surface area contributed by atoms with E-state index in [4.69, 9.17) is 4.74 Å². The number of carbonyl (C=O) groups is 3. The molecule has 180 valence electrons. The van der Waals surface area contributed by atoms with E-state index in [1.165, 1.54) is 0 Å². The Bertz CT molecular complexity index is 1370. The third-order valence-corrected chi connectivity index (χ3v) is 6.65. The van der Waals surface area contributed by atoms with Gasteiger partial charge in [-0.25, -0.2) is 4.98 Å². The summed E-state index contributed by atoms with van der Waals surface area (Å²) < 4.78 is 5.56. The Morgan fingerprint density at radius 1 is 1.11 bits per heavy atom. The number of likely N-dealkylation sites (tertiary alicyclic amines) is 1. The van der Waals surface area contributed by atoms with Crippen molar-refractivity contribution in [3.05, 3.63) is 64.2 Å². The second-order valence-electron chi connectivity index (χ2n) is 9.01. The molecule has 2 aliphatic heterocycles. The van der Waals surface area contributed by atoms with E-state index in [0.717, 1.165) is 0 Å². The maximum atomic E-state index is 13.1. The largest absolute Gasteiger partial charge is 0.479 e. The van der Waals surface area contributed by atoms with E-state index in [1.54, 1.807) is 48.2 Å². The van der Waals surface area contributed by atoms with Crippen LogP contribution in [-0.2, 0) is 16.0 Å². The molecule has 1 atom stereocenters. The third-order valence-electron chi connectivity index (χ3n) is 6.65. The van der Waals surface area contributed by atoms with Crippen molar-refractivity contribution in [3.63, 3.8) is 0 Å². The Kier molecular flexibility index (Phi) is 6.07. The summed E-state index contributed by atoms with van der Waals surface area (Å²) in [4.78, 5) is 58.9. The molecule has 3 heterocycles. The number of piperidine rings is 1. The molecule has 0 aliphatic carbocycles. The van der Waals surface area contributed by atoms with Crippen LogP contribution in [0, 0.1) is 5.92 Å². The van der Waals surface area contributed by atoms with Crippen molar-refractivity contribution in [3.8, 4) is 5.75 Å². The number of benzene rings is 2. The van der Waals surface area contributed by atoms with Gasteiger partial charge in [0.2, 0.25) is 5.91 Å². The first-order valence-electron chi connectivity index (χ1n) is 11.8. The number of ether oxygens (including phenoxy) is 1. The number of carbonyl (C=O) groups excluding carboxylic acids is 3. The lowest BCUT2D eigenvalue weighted by molar-refractivity contribution is -0.132. The van der Waals surface area contributed by atoms with E-state index in [1.807, 2.05) is 6.07 Å². The molecule has 2 aromatic carbocycles. The van der Waals surface area contributed by atoms with Crippen LogP contribution in [0.3, 0.4) is 0 Å². The molecule has 9 nitrogen and oxygen atoms in total. The van der Waals surface area contributed by atoms with Gasteiger partial charge in [-0.3, -0.25) is 19.2 Å². The summed E-state index contributed by atoms with van der Waals surface area (Å²) >= 11 is 0. The van der Waals surface area contributed by atoms with Crippen LogP contribution in [0.15, 0.2) is 47.3 Å². The molecule has 9 heteroatoms. The zero-order valence-corrected chi connectivity index (χ0v) is 19.4. The minimum atomic E-state index is -0.566. The molecule has 1 aromatic heterocycles. The maximum Gasteiger partial charge on any atom is 0.265 e. The summed E-state index contributed by atoms with van der Waals surface area (Å²) in [5.74, 6) is 0.605. The van der Waals surface area contributed by atoms with Gasteiger partial charge in [0, 0.05) is 37.4 Å². The topological polar surface area (TPSA) is 121 Å². The number of rotatable bonds is 5. The predicted octanol–water partition coefficient (Wildman–Crippen LogP) is 2.70. The Labute approximate surface area is 201 Å². The Morgan fingerprint density at radius 2 is 1.89 bits per heavy atom. The van der Waals surface area contributed by atoms with E-state index in [-0.39, 0.29) is 35.5 Å². The fourth-order valence-electron chi connectivity index (χ4n) is 4.63. The maximum absolute atomic E-state index is 13.1. The first-order chi connectivity index (χ1) is 16.9. The zero-order chi connectivity index (χ0) is 24.5. The molecule has 35 heavy (non-hydrogen) atoms. The number of aromatic nitrogens is 2. The number of aromatic amines is 1. The van der Waals surface area contributed by atoms with Gasteiger partial charge in [-0.15, -0.1) is 0 Å². The van der Waals surface area contributed by atoms with Crippen molar-refractivity contribution >= 4 is 34.2 Å². The Morgan fingerprint density at radius 3 is 2.69 bits per heavy atom. The van der Waals surface area contributed by atoms with Gasteiger partial charge in [0.1, 0.15) is 11.6 Å². The van der Waals surface area contributed by atoms with Crippen LogP contribution >= 0.6 is 0 Å². The van der Waals surface area contributed by atoms with Gasteiger partial charge in [-0.1, -0.05) is 12.1 Å². The monoisotopic (exact) mass is 474 g/mol. The lowest BCUT2D eigenvalue weighted by Gasteiger charge is -2.31. The summed E-state index contributed by atoms with van der Waals surface area (Å²) in [6.45, 7) is 2.67. The van der Waals surface area contributed by atoms with Crippen LogP contribution in [0.5, 0.6) is 5.75 Å². The van der Waals surface area contributed by atoms with Crippen LogP contribution in [0.1, 0.15) is 42.4 Å². The minimum absolute atomic E-state index is 0.00529. The molecule has 0 bridgehead atoms. The third kappa shape index (κ3) is 4.66. The number of anilines is 1. The lowest BCUT2D eigenvalue weighted by Crippen LogP contribution is -2.40. The number of nitrogens with zero attached hydrogens (tertiary/aromatic N) is 2. The second-order valence-corrected chi connectivity index (χ2v) is 9.01. The molecule has 1 fully saturated rings. The fraction of sp³-hybridized carbons (Fsp3) is 0.346. The van der Waals surface area contributed by atoms with Gasteiger partial charge >= 0.3 is 0 Å². The van der Waals surface area contributed by atoms with Crippen molar-refractivity contribution in [2.45, 2.75) is 38.7 Å². The molecular weight excluding hydrogens is 448 g/mol. The highest BCUT2D eigenvalue weighted by Crippen LogP contribution is 2.32. The number of Topliss-reactive ketones (excluding diaryl/α,β-unsaturated/α-hetero) is 1. The number of aryl methyl sites for hydroxylation is 1. The molecule has 0 spiro atoms. The van der Waals surface area contributed by atoms with Crippen molar-refractivity contribution in [1.82, 2.24) is 14.9 Å². The highest BCUT2D eigenvalue weighted by Gasteiger charge is 2.30. The van der Waals surface area contributed by atoms with Gasteiger partial charge < -0.3 is 19.9 Å². The number of nitrogens with one attached hydrogen (secondary N) is 2. The lowest BCUT2D eigenvalue weighted by atomic mass is 9.88. The summed E-state index contributed by atoms with van der Waals surface area (Å²) in [5.41, 5.74) is 1.44. The van der Waals surface area contributed by atoms with Crippen molar-refractivity contribution in [1.29, 1.82) is 0 Å². The molecule has 5 rings (SSSR count). The van der Waals surface area contributed by atoms with Crippen molar-refractivity contribution in [2.24, 2.45) is 5.92 Å². The Hall–Kier alpha value is -4.01. The zero-order valence-electron chi connectivity index (χ0n) is 19.4. The standard InChI is InChI=1S/C26H26N4O5/c1-15-25(33)28-20-14-17(6-7-21(20)35-15)24(32)16-10-12-30(13-11-16)23(31)9-8-22-27-19-5-3-2-4-18(19)26(34)29-22/h2-7,14-16H,8-13H2,1H3,(H,28,33)(H,27,29,34). The highest BCUT2D eigenvalue weighted by atomic mass is 16.5. The van der Waals surface area contributed by atoms with E-state index in [9.17, 15) is 19.2 Å². The number of hydrogen-bond acceptors (Lipinski definition) is 6. The minimum Gasteiger partial charge on any atom is -0.479 e. The second kappa shape index (κ2) is 9.32. The number of para-hydroxylation sites is 1. The highest BCUT2D eigenvalue weighted by molar-refractivity contribution is 6.02. The molecule has 0 saturated carbocycles. The van der Waals surface area contributed by atoms with Gasteiger partial charge in [-0.2, -0.15) is 0 Å². The van der Waals surface area contributed by atoms with Gasteiger partial charge in [-0.05, 0) is 50.1 Å². The number of ketones is 1. The molecule has 2 aliphatic rings. The Balaban J connectivity index is 1.16. The number of amides is 2.